The summed E-state index contributed by atoms with van der Waals surface area (Å²) in [4.78, 5) is 24.5. The van der Waals surface area contributed by atoms with Gasteiger partial charge in [-0.2, -0.15) is 0 Å². The summed E-state index contributed by atoms with van der Waals surface area (Å²) in [6.07, 6.45) is 4.51. The van der Waals surface area contributed by atoms with Crippen LogP contribution in [0.3, 0.4) is 0 Å². The van der Waals surface area contributed by atoms with E-state index in [1.165, 1.54) is 0 Å². The average molecular weight is 510 g/mol. The highest BCUT2D eigenvalue weighted by molar-refractivity contribution is 6.09. The third-order valence-electron chi connectivity index (χ3n) is 6.58. The number of nitrogens with one attached hydrogen (secondary N) is 2. The zero-order chi connectivity index (χ0) is 26.5. The van der Waals surface area contributed by atoms with Crippen molar-refractivity contribution in [3.05, 3.63) is 84.4 Å². The maximum Gasteiger partial charge on any atom is 0.323 e. The number of morpholine rings is 1. The summed E-state index contributed by atoms with van der Waals surface area (Å²) in [6, 6.07) is 19.8. The van der Waals surface area contributed by atoms with Crippen LogP contribution < -0.4 is 10.6 Å². The van der Waals surface area contributed by atoms with Crippen LogP contribution >= 0.6 is 0 Å². The monoisotopic (exact) mass is 509 g/mol. The fourth-order valence-electron chi connectivity index (χ4n) is 4.81. The second-order valence-electron chi connectivity index (χ2n) is 11.0. The molecule has 1 aliphatic rings. The third kappa shape index (κ3) is 6.54. The van der Waals surface area contributed by atoms with Crippen LogP contribution in [0.2, 0.25) is 0 Å². The molecule has 2 aromatic carbocycles. The van der Waals surface area contributed by atoms with E-state index < -0.39 is 0 Å². The highest BCUT2D eigenvalue weighted by Crippen LogP contribution is 2.33. The Hall–Kier alpha value is -3.81. The lowest BCUT2D eigenvalue weighted by Crippen LogP contribution is -2.35. The van der Waals surface area contributed by atoms with Gasteiger partial charge in [-0.3, -0.25) is 14.9 Å². The molecule has 5 rings (SSSR count). The smallest absolute Gasteiger partial charge is 0.323 e. The van der Waals surface area contributed by atoms with Crippen molar-refractivity contribution < 1.29 is 9.53 Å². The predicted molar refractivity (Wildman–Crippen MR) is 153 cm³/mol. The Morgan fingerprint density at radius 1 is 0.921 bits per heavy atom. The molecule has 0 atom stereocenters. The van der Waals surface area contributed by atoms with Crippen molar-refractivity contribution in [2.75, 3.05) is 36.9 Å². The van der Waals surface area contributed by atoms with E-state index in [9.17, 15) is 4.79 Å². The molecule has 0 bridgehead atoms. The molecule has 0 radical (unpaired) electrons. The van der Waals surface area contributed by atoms with Crippen LogP contribution in [0.25, 0.3) is 21.9 Å². The van der Waals surface area contributed by atoms with Crippen LogP contribution in [-0.2, 0) is 17.7 Å². The van der Waals surface area contributed by atoms with Gasteiger partial charge in [0.1, 0.15) is 0 Å². The van der Waals surface area contributed by atoms with Gasteiger partial charge in [-0.1, -0.05) is 57.2 Å². The van der Waals surface area contributed by atoms with Gasteiger partial charge in [-0.05, 0) is 47.1 Å². The molecule has 0 saturated carbocycles. The highest BCUT2D eigenvalue weighted by Gasteiger charge is 2.15. The molecule has 7 heteroatoms. The largest absolute Gasteiger partial charge is 0.379 e. The summed E-state index contributed by atoms with van der Waals surface area (Å²) in [5.74, 6) is 0. The predicted octanol–water partition coefficient (Wildman–Crippen LogP) is 6.36. The van der Waals surface area contributed by atoms with Crippen molar-refractivity contribution >= 4 is 28.2 Å². The molecule has 38 heavy (non-hydrogen) atoms. The summed E-state index contributed by atoms with van der Waals surface area (Å²) in [5.41, 5.74) is 5.73. The number of rotatable bonds is 6. The summed E-state index contributed by atoms with van der Waals surface area (Å²) in [7, 11) is 0. The van der Waals surface area contributed by atoms with E-state index in [2.05, 4.69) is 59.5 Å². The van der Waals surface area contributed by atoms with E-state index in [4.69, 9.17) is 9.72 Å². The Kier molecular flexibility index (Phi) is 7.67. The SMILES string of the molecule is CC(C)(C)Cc1cc(NC(=O)Nc2ccc(-c3ccc(CN4CCOCC4)nc3)c3ccccc23)ccn1. The Morgan fingerprint density at radius 2 is 1.71 bits per heavy atom. The maximum atomic E-state index is 12.9. The summed E-state index contributed by atoms with van der Waals surface area (Å²) in [6.45, 7) is 10.8. The van der Waals surface area contributed by atoms with Crippen LogP contribution in [0.5, 0.6) is 0 Å². The van der Waals surface area contributed by atoms with E-state index in [0.29, 0.717) is 0 Å². The molecule has 2 amide bonds. The van der Waals surface area contributed by atoms with Gasteiger partial charge < -0.3 is 15.4 Å². The van der Waals surface area contributed by atoms with Gasteiger partial charge >= 0.3 is 6.03 Å². The Morgan fingerprint density at radius 3 is 2.45 bits per heavy atom. The van der Waals surface area contributed by atoms with Crippen molar-refractivity contribution in [1.82, 2.24) is 14.9 Å². The Labute approximate surface area is 224 Å². The number of carbonyl (C=O) groups excluding carboxylic acids is 1. The van der Waals surface area contributed by atoms with Crippen LogP contribution in [0.1, 0.15) is 32.2 Å². The molecule has 0 spiro atoms. The first-order valence-corrected chi connectivity index (χ1v) is 13.1. The van der Waals surface area contributed by atoms with Crippen LogP contribution in [0.15, 0.2) is 73.1 Å². The fraction of sp³-hybridized carbons (Fsp3) is 0.323. The van der Waals surface area contributed by atoms with E-state index in [0.717, 1.165) is 83.9 Å². The number of hydrogen-bond donors (Lipinski definition) is 2. The standard InChI is InChI=1S/C31H35N5O2/c1-31(2,3)19-25-18-23(12-13-32-25)34-30(37)35-29-11-10-26(27-6-4-5-7-28(27)29)22-8-9-24(33-20-22)21-36-14-16-38-17-15-36/h4-13,18,20H,14-17,19,21H2,1-3H3,(H2,32,34,35,37). The fourth-order valence-corrected chi connectivity index (χ4v) is 4.81. The first-order valence-electron chi connectivity index (χ1n) is 13.1. The quantitative estimate of drug-likeness (QED) is 0.316. The van der Waals surface area contributed by atoms with Gasteiger partial charge in [0.2, 0.25) is 0 Å². The lowest BCUT2D eigenvalue weighted by Gasteiger charge is -2.26. The highest BCUT2D eigenvalue weighted by atomic mass is 16.5. The number of carbonyl (C=O) groups is 1. The molecule has 2 aromatic heterocycles. The van der Waals surface area contributed by atoms with Crippen molar-refractivity contribution in [3.63, 3.8) is 0 Å². The van der Waals surface area contributed by atoms with Crippen molar-refractivity contribution in [2.24, 2.45) is 5.41 Å². The molecule has 1 aliphatic heterocycles. The van der Waals surface area contributed by atoms with Gasteiger partial charge in [0.05, 0.1) is 24.6 Å². The summed E-state index contributed by atoms with van der Waals surface area (Å²) >= 11 is 0. The van der Waals surface area contributed by atoms with Gasteiger partial charge in [0, 0.05) is 54.4 Å². The zero-order valence-electron chi connectivity index (χ0n) is 22.3. The Balaban J connectivity index is 1.32. The topological polar surface area (TPSA) is 79.4 Å². The summed E-state index contributed by atoms with van der Waals surface area (Å²) < 4.78 is 5.44. The normalized spacial score (nSPS) is 14.4. The number of aromatic nitrogens is 2. The molecule has 4 aromatic rings. The molecule has 3 heterocycles. The number of hydrogen-bond acceptors (Lipinski definition) is 5. The number of ether oxygens (including phenoxy) is 1. The molecular formula is C31H35N5O2. The molecular weight excluding hydrogens is 474 g/mol. The van der Waals surface area contributed by atoms with Gasteiger partial charge in [-0.15, -0.1) is 0 Å². The molecule has 2 N–H and O–H groups in total. The number of fused-ring (bicyclic) bond motifs is 1. The van der Waals surface area contributed by atoms with E-state index >= 15 is 0 Å². The first kappa shape index (κ1) is 25.8. The third-order valence-corrected chi connectivity index (χ3v) is 6.58. The number of urea groups is 1. The first-order chi connectivity index (χ1) is 18.3. The van der Waals surface area contributed by atoms with Crippen molar-refractivity contribution in [2.45, 2.75) is 33.7 Å². The molecule has 0 unspecified atom stereocenters. The van der Waals surface area contributed by atoms with Crippen LogP contribution in [0.4, 0.5) is 16.2 Å². The van der Waals surface area contributed by atoms with Crippen molar-refractivity contribution in [1.29, 1.82) is 0 Å². The van der Waals surface area contributed by atoms with Crippen LogP contribution in [0, 0.1) is 5.41 Å². The Bertz CT molecular complexity index is 1410. The van der Waals surface area contributed by atoms with E-state index in [1.807, 2.05) is 48.7 Å². The maximum absolute atomic E-state index is 12.9. The van der Waals surface area contributed by atoms with Gasteiger partial charge in [-0.25, -0.2) is 4.79 Å². The average Bonchev–Trinajstić information content (AvgIpc) is 2.89. The lowest BCUT2D eigenvalue weighted by molar-refractivity contribution is 0.0336. The number of anilines is 2. The molecule has 0 aliphatic carbocycles. The minimum Gasteiger partial charge on any atom is -0.379 e. The number of amides is 2. The molecule has 7 nitrogen and oxygen atoms in total. The van der Waals surface area contributed by atoms with Gasteiger partial charge in [0.25, 0.3) is 0 Å². The van der Waals surface area contributed by atoms with Gasteiger partial charge in [0.15, 0.2) is 0 Å². The molecule has 1 saturated heterocycles. The van der Waals surface area contributed by atoms with E-state index in [-0.39, 0.29) is 11.4 Å². The summed E-state index contributed by atoms with van der Waals surface area (Å²) in [5, 5.41) is 8.02. The second-order valence-corrected chi connectivity index (χ2v) is 11.0. The minimum absolute atomic E-state index is 0.118. The van der Waals surface area contributed by atoms with Crippen molar-refractivity contribution in [3.8, 4) is 11.1 Å². The molecule has 196 valence electrons. The zero-order valence-corrected chi connectivity index (χ0v) is 22.3. The molecule has 1 fully saturated rings. The number of pyridine rings is 2. The minimum atomic E-state index is -0.287. The van der Waals surface area contributed by atoms with E-state index in [1.54, 1.807) is 6.20 Å². The lowest BCUT2D eigenvalue weighted by atomic mass is 9.90. The second kappa shape index (κ2) is 11.3. The number of nitrogens with zero attached hydrogens (tertiary/aromatic N) is 3. The van der Waals surface area contributed by atoms with Crippen LogP contribution in [-0.4, -0.2) is 47.2 Å². The number of benzene rings is 2.